The fourth-order valence-corrected chi connectivity index (χ4v) is 3.38. The van der Waals surface area contributed by atoms with E-state index < -0.39 is 0 Å². The van der Waals surface area contributed by atoms with Crippen LogP contribution >= 0.6 is 22.7 Å². The summed E-state index contributed by atoms with van der Waals surface area (Å²) in [6, 6.07) is 9.15. The van der Waals surface area contributed by atoms with Gasteiger partial charge >= 0.3 is 0 Å². The van der Waals surface area contributed by atoms with Crippen molar-refractivity contribution in [1.82, 2.24) is 4.98 Å². The Bertz CT molecular complexity index is 853. The van der Waals surface area contributed by atoms with Gasteiger partial charge in [-0.25, -0.2) is 4.98 Å². The number of amides is 2. The van der Waals surface area contributed by atoms with E-state index >= 15 is 0 Å². The minimum absolute atomic E-state index is 0.0599. The van der Waals surface area contributed by atoms with Gasteiger partial charge in [-0.3, -0.25) is 9.59 Å². The van der Waals surface area contributed by atoms with E-state index in [-0.39, 0.29) is 17.7 Å². The molecule has 3 rings (SSSR count). The average molecular weight is 345 g/mol. The van der Waals surface area contributed by atoms with E-state index in [0.29, 0.717) is 15.7 Å². The number of carbonyl (C=O) groups is 2. The van der Waals surface area contributed by atoms with Crippen LogP contribution in [-0.2, 0) is 4.79 Å². The van der Waals surface area contributed by atoms with Gasteiger partial charge in [-0.2, -0.15) is 0 Å². The van der Waals surface area contributed by atoms with Crippen molar-refractivity contribution in [3.05, 3.63) is 40.6 Å². The number of fused-ring (bicyclic) bond motifs is 1. The lowest BCUT2D eigenvalue weighted by Crippen LogP contribution is -2.17. The van der Waals surface area contributed by atoms with Crippen LogP contribution in [0, 0.1) is 5.92 Å². The fraction of sp³-hybridized carbons (Fsp3) is 0.188. The lowest BCUT2D eigenvalue weighted by atomic mass is 10.2. The third kappa shape index (κ3) is 3.57. The SMILES string of the molecule is CC(C)C(=O)Nc1nc2cc(NC(=O)c3cccs3)ccc2s1. The van der Waals surface area contributed by atoms with Crippen LogP contribution in [0.4, 0.5) is 10.8 Å². The molecule has 1 aromatic carbocycles. The molecule has 0 aliphatic heterocycles. The van der Waals surface area contributed by atoms with Crippen molar-refractivity contribution in [2.45, 2.75) is 13.8 Å². The molecule has 0 saturated carbocycles. The molecule has 0 radical (unpaired) electrons. The predicted molar refractivity (Wildman–Crippen MR) is 95.4 cm³/mol. The lowest BCUT2D eigenvalue weighted by Gasteiger charge is -2.03. The van der Waals surface area contributed by atoms with E-state index in [0.717, 1.165) is 10.2 Å². The molecule has 2 aromatic heterocycles. The number of hydrogen-bond acceptors (Lipinski definition) is 5. The van der Waals surface area contributed by atoms with Crippen LogP contribution < -0.4 is 10.6 Å². The molecule has 0 atom stereocenters. The summed E-state index contributed by atoms with van der Waals surface area (Å²) >= 11 is 2.81. The van der Waals surface area contributed by atoms with E-state index in [1.54, 1.807) is 6.07 Å². The number of nitrogens with one attached hydrogen (secondary N) is 2. The van der Waals surface area contributed by atoms with Gasteiger partial charge < -0.3 is 10.6 Å². The second kappa shape index (κ2) is 6.47. The lowest BCUT2D eigenvalue weighted by molar-refractivity contribution is -0.118. The highest BCUT2D eigenvalue weighted by atomic mass is 32.1. The number of rotatable bonds is 4. The number of thiazole rings is 1. The van der Waals surface area contributed by atoms with Crippen LogP contribution in [0.15, 0.2) is 35.7 Å². The van der Waals surface area contributed by atoms with Crippen molar-refractivity contribution >= 4 is 55.5 Å². The van der Waals surface area contributed by atoms with Crippen LogP contribution in [0.25, 0.3) is 10.2 Å². The number of benzene rings is 1. The molecule has 0 saturated heterocycles. The van der Waals surface area contributed by atoms with Gasteiger partial charge in [0.1, 0.15) is 0 Å². The Balaban J connectivity index is 1.79. The third-order valence-electron chi connectivity index (χ3n) is 3.14. The maximum atomic E-state index is 12.1. The summed E-state index contributed by atoms with van der Waals surface area (Å²) < 4.78 is 0.957. The number of nitrogens with zero attached hydrogens (tertiary/aromatic N) is 1. The number of hydrogen-bond donors (Lipinski definition) is 2. The molecule has 0 fully saturated rings. The molecule has 5 nitrogen and oxygen atoms in total. The Morgan fingerprint density at radius 3 is 2.70 bits per heavy atom. The first-order chi connectivity index (χ1) is 11.0. The highest BCUT2D eigenvalue weighted by Gasteiger charge is 2.12. The van der Waals surface area contributed by atoms with Gasteiger partial charge in [0.05, 0.1) is 15.1 Å². The van der Waals surface area contributed by atoms with Crippen molar-refractivity contribution in [3.8, 4) is 0 Å². The number of thiophene rings is 1. The largest absolute Gasteiger partial charge is 0.321 e. The monoisotopic (exact) mass is 345 g/mol. The average Bonchev–Trinajstić information content (AvgIpc) is 3.15. The Morgan fingerprint density at radius 2 is 2.00 bits per heavy atom. The van der Waals surface area contributed by atoms with Gasteiger partial charge in [0, 0.05) is 11.6 Å². The molecule has 23 heavy (non-hydrogen) atoms. The topological polar surface area (TPSA) is 71.1 Å². The van der Waals surface area contributed by atoms with Crippen LogP contribution in [0.1, 0.15) is 23.5 Å². The van der Waals surface area contributed by atoms with Crippen molar-refractivity contribution in [3.63, 3.8) is 0 Å². The zero-order chi connectivity index (χ0) is 16.4. The molecule has 118 valence electrons. The molecule has 0 aliphatic carbocycles. The van der Waals surface area contributed by atoms with Gasteiger partial charge in [-0.1, -0.05) is 31.3 Å². The molecule has 2 N–H and O–H groups in total. The second-order valence-electron chi connectivity index (χ2n) is 5.28. The molecule has 0 bridgehead atoms. The second-order valence-corrected chi connectivity index (χ2v) is 7.26. The molecular weight excluding hydrogens is 330 g/mol. The molecule has 2 heterocycles. The molecule has 0 aliphatic rings. The first-order valence-electron chi connectivity index (χ1n) is 7.09. The summed E-state index contributed by atoms with van der Waals surface area (Å²) in [6.45, 7) is 3.67. The van der Waals surface area contributed by atoms with E-state index in [2.05, 4.69) is 15.6 Å². The first kappa shape index (κ1) is 15.6. The minimum Gasteiger partial charge on any atom is -0.321 e. The van der Waals surface area contributed by atoms with E-state index in [9.17, 15) is 9.59 Å². The number of anilines is 2. The van der Waals surface area contributed by atoms with E-state index in [1.165, 1.54) is 22.7 Å². The zero-order valence-corrected chi connectivity index (χ0v) is 14.3. The molecule has 0 spiro atoms. The van der Waals surface area contributed by atoms with Crippen molar-refractivity contribution in [2.24, 2.45) is 5.92 Å². The van der Waals surface area contributed by atoms with Gasteiger partial charge in [0.15, 0.2) is 5.13 Å². The maximum absolute atomic E-state index is 12.1. The summed E-state index contributed by atoms with van der Waals surface area (Å²) in [5.41, 5.74) is 1.43. The highest BCUT2D eigenvalue weighted by Crippen LogP contribution is 2.28. The van der Waals surface area contributed by atoms with Gasteiger partial charge in [-0.15, -0.1) is 11.3 Å². The third-order valence-corrected chi connectivity index (χ3v) is 4.97. The zero-order valence-electron chi connectivity index (χ0n) is 12.6. The summed E-state index contributed by atoms with van der Waals surface area (Å²) in [5.74, 6) is -0.291. The van der Waals surface area contributed by atoms with Crippen molar-refractivity contribution in [1.29, 1.82) is 0 Å². The number of aromatic nitrogens is 1. The molecule has 0 unspecified atom stereocenters. The molecule has 7 heteroatoms. The maximum Gasteiger partial charge on any atom is 0.265 e. The Morgan fingerprint density at radius 1 is 1.17 bits per heavy atom. The first-order valence-corrected chi connectivity index (χ1v) is 8.79. The Labute approximate surface area is 141 Å². The van der Waals surface area contributed by atoms with Crippen LogP contribution in [-0.4, -0.2) is 16.8 Å². The van der Waals surface area contributed by atoms with E-state index in [4.69, 9.17) is 0 Å². The minimum atomic E-state index is -0.136. The van der Waals surface area contributed by atoms with Gasteiger partial charge in [0.25, 0.3) is 5.91 Å². The van der Waals surface area contributed by atoms with Gasteiger partial charge in [-0.05, 0) is 29.6 Å². The fourth-order valence-electron chi connectivity index (χ4n) is 1.91. The highest BCUT2D eigenvalue weighted by molar-refractivity contribution is 7.22. The summed E-state index contributed by atoms with van der Waals surface area (Å²) in [6.07, 6.45) is 0. The summed E-state index contributed by atoms with van der Waals surface area (Å²) in [4.78, 5) is 28.9. The van der Waals surface area contributed by atoms with Crippen LogP contribution in [0.2, 0.25) is 0 Å². The van der Waals surface area contributed by atoms with Crippen molar-refractivity contribution < 1.29 is 9.59 Å². The standard InChI is InChI=1S/C16H15N3O2S2/c1-9(2)14(20)19-16-18-11-8-10(5-6-12(11)23-16)17-15(21)13-4-3-7-22-13/h3-9H,1-2H3,(H,17,21)(H,18,19,20). The summed E-state index contributed by atoms with van der Waals surface area (Å²) in [7, 11) is 0. The molecule has 2 amide bonds. The molecule has 3 aromatic rings. The van der Waals surface area contributed by atoms with Crippen molar-refractivity contribution in [2.75, 3.05) is 10.6 Å². The summed E-state index contributed by atoms with van der Waals surface area (Å²) in [5, 5.41) is 8.08. The van der Waals surface area contributed by atoms with Crippen LogP contribution in [0.5, 0.6) is 0 Å². The molecular formula is C16H15N3O2S2. The quantitative estimate of drug-likeness (QED) is 0.744. The van der Waals surface area contributed by atoms with Crippen LogP contribution in [0.3, 0.4) is 0 Å². The predicted octanol–water partition coefficient (Wildman–Crippen LogP) is 4.20. The smallest absolute Gasteiger partial charge is 0.265 e. The van der Waals surface area contributed by atoms with E-state index in [1.807, 2.05) is 43.5 Å². The number of carbonyl (C=O) groups excluding carboxylic acids is 2. The normalized spacial score (nSPS) is 10.9. The van der Waals surface area contributed by atoms with Gasteiger partial charge in [0.2, 0.25) is 5.91 Å². The Hall–Kier alpha value is -2.25. The Kier molecular flexibility index (Phi) is 4.40.